The van der Waals surface area contributed by atoms with E-state index in [1.54, 1.807) is 30.3 Å². The highest BCUT2D eigenvalue weighted by Crippen LogP contribution is 2.50. The van der Waals surface area contributed by atoms with Crippen molar-refractivity contribution in [1.82, 2.24) is 0 Å². The van der Waals surface area contributed by atoms with Crippen molar-refractivity contribution in [3.05, 3.63) is 139 Å². The number of rotatable bonds is 8. The van der Waals surface area contributed by atoms with Crippen molar-refractivity contribution in [1.29, 1.82) is 0 Å². The van der Waals surface area contributed by atoms with Crippen molar-refractivity contribution in [2.24, 2.45) is 0 Å². The zero-order valence-corrected chi connectivity index (χ0v) is 21.6. The lowest BCUT2D eigenvalue weighted by Gasteiger charge is -2.21. The Bertz CT molecular complexity index is 1420. The Hall–Kier alpha value is -4.27. The Morgan fingerprint density at radius 1 is 0.486 bits per heavy atom. The number of aryl methyl sites for hydroxylation is 2. The van der Waals surface area contributed by atoms with Gasteiger partial charge in [-0.05, 0) is 72.0 Å². The predicted molar refractivity (Wildman–Crippen MR) is 149 cm³/mol. The fourth-order valence-electron chi connectivity index (χ4n) is 4.01. The molecular formula is C32H27O4P. The van der Waals surface area contributed by atoms with Crippen LogP contribution in [0.3, 0.4) is 0 Å². The lowest BCUT2D eigenvalue weighted by molar-refractivity contribution is 0.298. The Balaban J connectivity index is 1.42. The van der Waals surface area contributed by atoms with Crippen LogP contribution in [0.25, 0.3) is 22.3 Å². The maximum atomic E-state index is 14.0. The van der Waals surface area contributed by atoms with Crippen molar-refractivity contribution < 1.29 is 18.1 Å². The maximum absolute atomic E-state index is 14.0. The molecule has 5 aromatic carbocycles. The molecule has 0 aliphatic heterocycles. The van der Waals surface area contributed by atoms with Gasteiger partial charge in [0.15, 0.2) is 0 Å². The van der Waals surface area contributed by atoms with E-state index in [1.807, 2.05) is 111 Å². The van der Waals surface area contributed by atoms with Gasteiger partial charge in [0.1, 0.15) is 17.2 Å². The van der Waals surface area contributed by atoms with E-state index in [4.69, 9.17) is 13.6 Å². The SMILES string of the molecule is Cc1ccc(OP(=O)(Oc2ccc(-c3ccccc3)cc2)Oc2ccc(-c3ccccc3)cc2)c(C)c1. The Morgan fingerprint density at radius 3 is 1.35 bits per heavy atom. The van der Waals surface area contributed by atoms with E-state index in [2.05, 4.69) is 0 Å². The number of hydrogen-bond donors (Lipinski definition) is 0. The van der Waals surface area contributed by atoms with Crippen LogP contribution in [0.15, 0.2) is 127 Å². The molecule has 0 amide bonds. The molecule has 0 radical (unpaired) electrons. The highest BCUT2D eigenvalue weighted by molar-refractivity contribution is 7.49. The van der Waals surface area contributed by atoms with Crippen molar-refractivity contribution in [2.75, 3.05) is 0 Å². The summed E-state index contributed by atoms with van der Waals surface area (Å²) < 4.78 is 31.8. The molecule has 0 saturated heterocycles. The number of benzene rings is 5. The van der Waals surface area contributed by atoms with Crippen molar-refractivity contribution in [3.63, 3.8) is 0 Å². The molecule has 0 heterocycles. The van der Waals surface area contributed by atoms with E-state index in [0.717, 1.165) is 33.4 Å². The summed E-state index contributed by atoms with van der Waals surface area (Å²) in [6.45, 7) is 3.89. The summed E-state index contributed by atoms with van der Waals surface area (Å²) in [6, 6.07) is 40.4. The van der Waals surface area contributed by atoms with Gasteiger partial charge in [0.2, 0.25) is 0 Å². The Morgan fingerprint density at radius 2 is 0.919 bits per heavy atom. The molecule has 5 aromatic rings. The molecule has 0 N–H and O–H groups in total. The first-order chi connectivity index (χ1) is 18.0. The molecule has 0 atom stereocenters. The Kier molecular flexibility index (Phi) is 7.11. The standard InChI is InChI=1S/C32H27O4P/c1-24-13-22-32(25(2)23-24)36-37(33,34-30-18-14-28(15-19-30)26-9-5-3-6-10-26)35-31-20-16-29(17-21-31)27-11-7-4-8-12-27/h3-23H,1-2H3. The van der Waals surface area contributed by atoms with E-state index < -0.39 is 7.82 Å². The van der Waals surface area contributed by atoms with Gasteiger partial charge in [0.05, 0.1) is 0 Å². The van der Waals surface area contributed by atoms with Crippen LogP contribution in [-0.2, 0) is 4.57 Å². The summed E-state index contributed by atoms with van der Waals surface area (Å²) in [7, 11) is -4.10. The molecule has 5 heteroatoms. The number of phosphoric ester groups is 1. The minimum absolute atomic E-state index is 0.383. The fourth-order valence-corrected chi connectivity index (χ4v) is 5.33. The minimum atomic E-state index is -4.10. The van der Waals surface area contributed by atoms with E-state index in [9.17, 15) is 4.57 Å². The van der Waals surface area contributed by atoms with Crippen LogP contribution in [-0.4, -0.2) is 0 Å². The summed E-state index contributed by atoms with van der Waals surface area (Å²) in [5, 5.41) is 0. The molecule has 0 spiro atoms. The summed E-state index contributed by atoms with van der Waals surface area (Å²) in [5.41, 5.74) is 6.13. The quantitative estimate of drug-likeness (QED) is 0.197. The molecule has 0 fully saturated rings. The third kappa shape index (κ3) is 6.11. The van der Waals surface area contributed by atoms with Crippen molar-refractivity contribution in [2.45, 2.75) is 13.8 Å². The predicted octanol–water partition coefficient (Wildman–Crippen LogP) is 9.28. The molecule has 0 saturated carbocycles. The third-order valence-corrected chi connectivity index (χ3v) is 7.19. The van der Waals surface area contributed by atoms with Crippen LogP contribution in [0.1, 0.15) is 11.1 Å². The van der Waals surface area contributed by atoms with E-state index in [1.165, 1.54) is 0 Å². The van der Waals surface area contributed by atoms with Gasteiger partial charge in [-0.15, -0.1) is 0 Å². The first-order valence-electron chi connectivity index (χ1n) is 12.0. The smallest absolute Gasteiger partial charge is 0.386 e. The van der Waals surface area contributed by atoms with Crippen molar-refractivity contribution in [3.8, 4) is 39.5 Å². The molecule has 0 aliphatic rings. The van der Waals surface area contributed by atoms with Gasteiger partial charge in [-0.3, -0.25) is 0 Å². The molecule has 0 aromatic heterocycles. The first-order valence-corrected chi connectivity index (χ1v) is 13.5. The summed E-state index contributed by atoms with van der Waals surface area (Å²) in [4.78, 5) is 0. The average Bonchev–Trinajstić information content (AvgIpc) is 2.92. The number of phosphoric acid groups is 1. The molecule has 0 aliphatic carbocycles. The second kappa shape index (κ2) is 10.8. The van der Waals surface area contributed by atoms with Crippen molar-refractivity contribution >= 4 is 7.82 Å². The fraction of sp³-hybridized carbons (Fsp3) is 0.0625. The van der Waals surface area contributed by atoms with E-state index >= 15 is 0 Å². The third-order valence-electron chi connectivity index (χ3n) is 5.90. The lowest BCUT2D eigenvalue weighted by Crippen LogP contribution is -2.08. The second-order valence-corrected chi connectivity index (χ2v) is 10.2. The molecular weight excluding hydrogens is 479 g/mol. The molecule has 0 bridgehead atoms. The number of hydrogen-bond acceptors (Lipinski definition) is 4. The first kappa shape index (κ1) is 24.4. The highest BCUT2D eigenvalue weighted by atomic mass is 31.2. The zero-order chi connectivity index (χ0) is 25.7. The molecule has 37 heavy (non-hydrogen) atoms. The van der Waals surface area contributed by atoms with Crippen LogP contribution in [0.2, 0.25) is 0 Å². The minimum Gasteiger partial charge on any atom is -0.386 e. The monoisotopic (exact) mass is 506 g/mol. The van der Waals surface area contributed by atoms with Crippen LogP contribution < -0.4 is 13.6 Å². The molecule has 5 rings (SSSR count). The summed E-state index contributed by atoms with van der Waals surface area (Å²) >= 11 is 0. The second-order valence-electron chi connectivity index (χ2n) is 8.77. The van der Waals surface area contributed by atoms with E-state index in [0.29, 0.717) is 17.2 Å². The highest BCUT2D eigenvalue weighted by Gasteiger charge is 2.33. The average molecular weight is 507 g/mol. The summed E-state index contributed by atoms with van der Waals surface area (Å²) in [5.74, 6) is 1.21. The van der Waals surface area contributed by atoms with Crippen LogP contribution in [0.5, 0.6) is 17.2 Å². The van der Waals surface area contributed by atoms with Gasteiger partial charge in [-0.25, -0.2) is 0 Å². The van der Waals surface area contributed by atoms with Gasteiger partial charge in [-0.1, -0.05) is 103 Å². The molecule has 4 nitrogen and oxygen atoms in total. The van der Waals surface area contributed by atoms with Gasteiger partial charge >= 0.3 is 7.82 Å². The molecule has 0 unspecified atom stereocenters. The van der Waals surface area contributed by atoms with Gasteiger partial charge in [0.25, 0.3) is 0 Å². The van der Waals surface area contributed by atoms with E-state index in [-0.39, 0.29) is 0 Å². The van der Waals surface area contributed by atoms with Gasteiger partial charge < -0.3 is 13.6 Å². The normalized spacial score (nSPS) is 11.1. The Labute approximate surface area is 217 Å². The topological polar surface area (TPSA) is 44.8 Å². The van der Waals surface area contributed by atoms with Crippen LogP contribution >= 0.6 is 7.82 Å². The maximum Gasteiger partial charge on any atom is 0.647 e. The lowest BCUT2D eigenvalue weighted by atomic mass is 10.1. The molecule has 184 valence electrons. The van der Waals surface area contributed by atoms with Crippen LogP contribution in [0, 0.1) is 13.8 Å². The summed E-state index contributed by atoms with van der Waals surface area (Å²) in [6.07, 6.45) is 0. The van der Waals surface area contributed by atoms with Gasteiger partial charge in [0, 0.05) is 0 Å². The zero-order valence-electron chi connectivity index (χ0n) is 20.7. The largest absolute Gasteiger partial charge is 0.647 e. The van der Waals surface area contributed by atoms with Gasteiger partial charge in [-0.2, -0.15) is 4.57 Å². The van der Waals surface area contributed by atoms with Crippen LogP contribution in [0.4, 0.5) is 0 Å².